The lowest BCUT2D eigenvalue weighted by Gasteiger charge is -2.26. The van der Waals surface area contributed by atoms with Gasteiger partial charge in [-0.25, -0.2) is 18.9 Å². The number of rotatable bonds is 8. The van der Waals surface area contributed by atoms with Crippen LogP contribution in [0.15, 0.2) is 54.6 Å². The molecular weight excluding hydrogens is 447 g/mol. The average Bonchev–Trinajstić information content (AvgIpc) is 2.81. The maximum absolute atomic E-state index is 13.3. The van der Waals surface area contributed by atoms with Crippen molar-refractivity contribution in [2.75, 3.05) is 25.7 Å². The Balaban J connectivity index is 2.03. The van der Waals surface area contributed by atoms with Crippen molar-refractivity contribution in [1.29, 1.82) is 0 Å². The molecule has 1 N–H and O–H groups in total. The second-order valence-electron chi connectivity index (χ2n) is 7.00. The Labute approximate surface area is 194 Å². The molecule has 2 aromatic carbocycles. The zero-order valence-electron chi connectivity index (χ0n) is 18.4. The zero-order valence-corrected chi connectivity index (χ0v) is 18.4. The third-order valence-electron chi connectivity index (χ3n) is 4.80. The number of ether oxygens (including phenoxy) is 3. The highest BCUT2D eigenvalue weighted by Gasteiger charge is 2.36. The first kappa shape index (κ1) is 24.2. The number of hydrogen-bond donors (Lipinski definition) is 1. The van der Waals surface area contributed by atoms with Crippen LogP contribution >= 0.6 is 0 Å². The van der Waals surface area contributed by atoms with E-state index in [-0.39, 0.29) is 29.4 Å². The number of esters is 1. The van der Waals surface area contributed by atoms with Crippen LogP contribution < -0.4 is 19.7 Å². The lowest BCUT2D eigenvalue weighted by atomic mass is 10.0. The van der Waals surface area contributed by atoms with E-state index in [2.05, 4.69) is 16.6 Å². The number of amides is 4. The van der Waals surface area contributed by atoms with Gasteiger partial charge in [0.15, 0.2) is 18.1 Å². The van der Waals surface area contributed by atoms with E-state index in [0.29, 0.717) is 17.5 Å². The molecule has 4 amide bonds. The maximum atomic E-state index is 13.3. The molecular formula is C24H21FN2O7. The van der Waals surface area contributed by atoms with Gasteiger partial charge in [0.25, 0.3) is 11.8 Å². The molecule has 0 aromatic heterocycles. The van der Waals surface area contributed by atoms with Gasteiger partial charge in [-0.2, -0.15) is 0 Å². The van der Waals surface area contributed by atoms with Gasteiger partial charge in [0.1, 0.15) is 11.4 Å². The first-order valence-corrected chi connectivity index (χ1v) is 9.97. The normalized spacial score (nSPS) is 14.6. The van der Waals surface area contributed by atoms with E-state index >= 15 is 0 Å². The lowest BCUT2D eigenvalue weighted by molar-refractivity contribution is -0.143. The van der Waals surface area contributed by atoms with Crippen molar-refractivity contribution in [3.05, 3.63) is 71.6 Å². The standard InChI is InChI=1S/C24H21FN2O7/c1-4-5-15-10-14(12-19(32-2)21(15)34-13-20(28)33-3)11-18-22(29)26-24(31)27(23(18)30)17-8-6-16(25)7-9-17/h4,6-12H,1,5,13H2,2-3H3,(H,26,29,31)/b18-11+. The van der Waals surface area contributed by atoms with E-state index in [0.717, 1.165) is 17.0 Å². The summed E-state index contributed by atoms with van der Waals surface area (Å²) in [6, 6.07) is 6.87. The predicted molar refractivity (Wildman–Crippen MR) is 120 cm³/mol. The molecule has 1 heterocycles. The van der Waals surface area contributed by atoms with Crippen LogP contribution in [0, 0.1) is 5.82 Å². The number of carbonyl (C=O) groups is 4. The fourth-order valence-electron chi connectivity index (χ4n) is 3.23. The number of imide groups is 2. The van der Waals surface area contributed by atoms with Gasteiger partial charge < -0.3 is 14.2 Å². The van der Waals surface area contributed by atoms with Crippen LogP contribution in [-0.2, 0) is 25.5 Å². The highest BCUT2D eigenvalue weighted by atomic mass is 19.1. The molecule has 0 bridgehead atoms. The van der Waals surface area contributed by atoms with Crippen LogP contribution in [0.3, 0.4) is 0 Å². The summed E-state index contributed by atoms with van der Waals surface area (Å²) in [6.45, 7) is 3.34. The molecule has 1 aliphatic rings. The summed E-state index contributed by atoms with van der Waals surface area (Å²) in [5.41, 5.74) is 0.740. The first-order valence-electron chi connectivity index (χ1n) is 9.97. The van der Waals surface area contributed by atoms with E-state index in [4.69, 9.17) is 9.47 Å². The molecule has 10 heteroatoms. The third-order valence-corrected chi connectivity index (χ3v) is 4.80. The molecule has 0 atom stereocenters. The molecule has 0 radical (unpaired) electrons. The van der Waals surface area contributed by atoms with Crippen molar-refractivity contribution in [3.63, 3.8) is 0 Å². The van der Waals surface area contributed by atoms with Crippen molar-refractivity contribution in [3.8, 4) is 11.5 Å². The number of benzene rings is 2. The highest BCUT2D eigenvalue weighted by molar-refractivity contribution is 6.39. The minimum absolute atomic E-state index is 0.0961. The van der Waals surface area contributed by atoms with Crippen LogP contribution in [0.2, 0.25) is 0 Å². The van der Waals surface area contributed by atoms with Crippen LogP contribution in [0.4, 0.5) is 14.9 Å². The van der Waals surface area contributed by atoms with Crippen molar-refractivity contribution in [1.82, 2.24) is 5.32 Å². The second kappa shape index (κ2) is 10.4. The number of allylic oxidation sites excluding steroid dienone is 1. The van der Waals surface area contributed by atoms with E-state index in [9.17, 15) is 23.6 Å². The van der Waals surface area contributed by atoms with Crippen LogP contribution in [0.1, 0.15) is 11.1 Å². The third kappa shape index (κ3) is 5.12. The Morgan fingerprint density at radius 3 is 2.47 bits per heavy atom. The van der Waals surface area contributed by atoms with E-state index in [1.54, 1.807) is 12.1 Å². The van der Waals surface area contributed by atoms with Gasteiger partial charge >= 0.3 is 12.0 Å². The molecule has 1 fully saturated rings. The van der Waals surface area contributed by atoms with Crippen LogP contribution in [-0.4, -0.2) is 44.6 Å². The second-order valence-corrected chi connectivity index (χ2v) is 7.00. The quantitative estimate of drug-likeness (QED) is 0.274. The summed E-state index contributed by atoms with van der Waals surface area (Å²) in [7, 11) is 2.62. The monoisotopic (exact) mass is 468 g/mol. The molecule has 3 rings (SSSR count). The van der Waals surface area contributed by atoms with Crippen molar-refractivity contribution >= 4 is 35.6 Å². The summed E-state index contributed by atoms with van der Waals surface area (Å²) in [5.74, 6) is -2.38. The van der Waals surface area contributed by atoms with Crippen molar-refractivity contribution < 1.29 is 37.8 Å². The topological polar surface area (TPSA) is 111 Å². The van der Waals surface area contributed by atoms with Gasteiger partial charge in [-0.3, -0.25) is 14.9 Å². The fraction of sp³-hybridized carbons (Fsp3) is 0.167. The minimum Gasteiger partial charge on any atom is -0.493 e. The number of anilines is 1. The van der Waals surface area contributed by atoms with Gasteiger partial charge in [0.2, 0.25) is 0 Å². The van der Waals surface area contributed by atoms with Crippen molar-refractivity contribution in [2.45, 2.75) is 6.42 Å². The van der Waals surface area contributed by atoms with E-state index in [1.165, 1.54) is 38.5 Å². The first-order chi connectivity index (χ1) is 16.3. The predicted octanol–water partition coefficient (Wildman–Crippen LogP) is 2.78. The summed E-state index contributed by atoms with van der Waals surface area (Å²) in [5, 5.41) is 2.10. The van der Waals surface area contributed by atoms with E-state index in [1.807, 2.05) is 0 Å². The molecule has 1 aliphatic heterocycles. The molecule has 0 unspecified atom stereocenters. The van der Waals surface area contributed by atoms with Gasteiger partial charge in [-0.15, -0.1) is 6.58 Å². The summed E-state index contributed by atoms with van der Waals surface area (Å²) in [4.78, 5) is 50.0. The Hall–Kier alpha value is -4.47. The molecule has 34 heavy (non-hydrogen) atoms. The highest BCUT2D eigenvalue weighted by Crippen LogP contribution is 2.35. The molecule has 1 saturated heterocycles. The van der Waals surface area contributed by atoms with Crippen LogP contribution in [0.25, 0.3) is 6.08 Å². The van der Waals surface area contributed by atoms with E-state index < -0.39 is 29.6 Å². The summed E-state index contributed by atoms with van der Waals surface area (Å²) >= 11 is 0. The molecule has 2 aromatic rings. The number of methoxy groups -OCH3 is 2. The van der Waals surface area contributed by atoms with Gasteiger partial charge in [-0.1, -0.05) is 6.08 Å². The molecule has 9 nitrogen and oxygen atoms in total. The molecule has 176 valence electrons. The zero-order chi connectivity index (χ0) is 24.8. The number of urea groups is 1. The van der Waals surface area contributed by atoms with Crippen molar-refractivity contribution in [2.24, 2.45) is 0 Å². The number of barbiturate groups is 1. The Morgan fingerprint density at radius 1 is 1.15 bits per heavy atom. The number of hydrogen-bond acceptors (Lipinski definition) is 7. The smallest absolute Gasteiger partial charge is 0.343 e. The Kier molecular flexibility index (Phi) is 7.42. The SMILES string of the molecule is C=CCc1cc(/C=C2\C(=O)NC(=O)N(c3ccc(F)cc3)C2=O)cc(OC)c1OCC(=O)OC. The van der Waals surface area contributed by atoms with Gasteiger partial charge in [0.05, 0.1) is 19.9 Å². The molecule has 0 saturated carbocycles. The number of nitrogens with one attached hydrogen (secondary N) is 1. The number of carbonyl (C=O) groups excluding carboxylic acids is 4. The fourth-order valence-corrected chi connectivity index (χ4v) is 3.23. The summed E-state index contributed by atoms with van der Waals surface area (Å²) < 4.78 is 28.8. The Morgan fingerprint density at radius 2 is 1.85 bits per heavy atom. The largest absolute Gasteiger partial charge is 0.493 e. The van der Waals surface area contributed by atoms with Crippen LogP contribution in [0.5, 0.6) is 11.5 Å². The van der Waals surface area contributed by atoms with Gasteiger partial charge in [-0.05, 0) is 54.5 Å². The van der Waals surface area contributed by atoms with Gasteiger partial charge in [0, 0.05) is 5.56 Å². The average molecular weight is 468 g/mol. The minimum atomic E-state index is -0.949. The molecule has 0 aliphatic carbocycles. The number of nitrogens with zero attached hydrogens (tertiary/aromatic N) is 1. The summed E-state index contributed by atoms with van der Waals surface area (Å²) in [6.07, 6.45) is 3.22. The number of halogens is 1. The Bertz CT molecular complexity index is 1190. The lowest BCUT2D eigenvalue weighted by Crippen LogP contribution is -2.54. The maximum Gasteiger partial charge on any atom is 0.343 e. The molecule has 0 spiro atoms.